The lowest BCUT2D eigenvalue weighted by Crippen LogP contribution is -2.43. The summed E-state index contributed by atoms with van der Waals surface area (Å²) in [5.41, 5.74) is 4.12. The normalized spacial score (nSPS) is 23.7. The molecular formula is C26H28N2O. The van der Waals surface area contributed by atoms with Gasteiger partial charge in [0.2, 0.25) is 0 Å². The fraction of sp³-hybridized carbons (Fsp3) is 0.308. The summed E-state index contributed by atoms with van der Waals surface area (Å²) < 4.78 is 5.86. The van der Waals surface area contributed by atoms with Crippen LogP contribution < -0.4 is 0 Å². The quantitative estimate of drug-likeness (QED) is 0.512. The van der Waals surface area contributed by atoms with Crippen molar-refractivity contribution in [1.82, 2.24) is 9.80 Å². The third kappa shape index (κ3) is 4.76. The van der Waals surface area contributed by atoms with E-state index in [9.17, 15) is 0 Å². The first kappa shape index (κ1) is 18.6. The van der Waals surface area contributed by atoms with Gasteiger partial charge in [0, 0.05) is 32.2 Å². The molecule has 3 aromatic rings. The molecule has 148 valence electrons. The van der Waals surface area contributed by atoms with Gasteiger partial charge < -0.3 is 4.74 Å². The monoisotopic (exact) mass is 384 g/mol. The number of benzene rings is 3. The molecule has 0 bridgehead atoms. The minimum atomic E-state index is 0.355. The molecule has 0 amide bonds. The predicted octanol–water partition coefficient (Wildman–Crippen LogP) is 4.34. The topological polar surface area (TPSA) is 18.8 Å². The molecule has 2 aliphatic rings. The minimum absolute atomic E-state index is 0.355. The SMILES string of the molecule is c1ccc(CN(Cc2ccccc2)C([C@@H]2CO2)[C@@H]2CN2Cc2ccccc2)cc1. The largest absolute Gasteiger partial charge is 0.371 e. The molecule has 4 atom stereocenters. The average Bonchev–Trinajstić information content (AvgIpc) is 3.69. The van der Waals surface area contributed by atoms with Crippen LogP contribution in [-0.2, 0) is 24.4 Å². The highest BCUT2D eigenvalue weighted by Gasteiger charge is 2.50. The van der Waals surface area contributed by atoms with Crippen molar-refractivity contribution in [1.29, 1.82) is 0 Å². The Morgan fingerprint density at radius 1 is 0.759 bits per heavy atom. The zero-order chi connectivity index (χ0) is 19.5. The van der Waals surface area contributed by atoms with Gasteiger partial charge in [-0.2, -0.15) is 0 Å². The molecule has 3 aromatic carbocycles. The lowest BCUT2D eigenvalue weighted by Gasteiger charge is -2.31. The van der Waals surface area contributed by atoms with Crippen LogP contribution in [0.25, 0.3) is 0 Å². The Morgan fingerprint density at radius 3 is 1.72 bits per heavy atom. The van der Waals surface area contributed by atoms with E-state index in [0.717, 1.165) is 32.8 Å². The van der Waals surface area contributed by atoms with Gasteiger partial charge in [-0.3, -0.25) is 9.80 Å². The van der Waals surface area contributed by atoms with Crippen LogP contribution in [0.5, 0.6) is 0 Å². The number of hydrogen-bond donors (Lipinski definition) is 0. The number of epoxide rings is 1. The molecule has 0 N–H and O–H groups in total. The maximum Gasteiger partial charge on any atom is 0.0980 e. The summed E-state index contributed by atoms with van der Waals surface area (Å²) in [5.74, 6) is 0. The Kier molecular flexibility index (Phi) is 5.44. The first-order valence-electron chi connectivity index (χ1n) is 10.6. The van der Waals surface area contributed by atoms with E-state index in [1.807, 2.05) is 0 Å². The van der Waals surface area contributed by atoms with Gasteiger partial charge in [0.1, 0.15) is 0 Å². The van der Waals surface area contributed by atoms with E-state index in [1.165, 1.54) is 16.7 Å². The molecule has 2 fully saturated rings. The number of rotatable bonds is 9. The highest BCUT2D eigenvalue weighted by molar-refractivity contribution is 5.20. The van der Waals surface area contributed by atoms with Gasteiger partial charge in [0.05, 0.1) is 18.8 Å². The second-order valence-electron chi connectivity index (χ2n) is 8.22. The van der Waals surface area contributed by atoms with E-state index >= 15 is 0 Å². The van der Waals surface area contributed by atoms with Crippen molar-refractivity contribution in [3.05, 3.63) is 108 Å². The van der Waals surface area contributed by atoms with Crippen molar-refractivity contribution in [3.63, 3.8) is 0 Å². The number of ether oxygens (including phenoxy) is 1. The van der Waals surface area contributed by atoms with Crippen LogP contribution in [0.3, 0.4) is 0 Å². The molecule has 0 spiro atoms. The average molecular weight is 385 g/mol. The van der Waals surface area contributed by atoms with E-state index in [-0.39, 0.29) is 0 Å². The molecular weight excluding hydrogens is 356 g/mol. The van der Waals surface area contributed by atoms with E-state index in [1.54, 1.807) is 0 Å². The molecule has 0 radical (unpaired) electrons. The highest BCUT2D eigenvalue weighted by atomic mass is 16.6. The molecule has 29 heavy (non-hydrogen) atoms. The maximum absolute atomic E-state index is 5.86. The lowest BCUT2D eigenvalue weighted by molar-refractivity contribution is 0.130. The molecule has 3 nitrogen and oxygen atoms in total. The Labute approximate surface area is 173 Å². The van der Waals surface area contributed by atoms with E-state index < -0.39 is 0 Å². The summed E-state index contributed by atoms with van der Waals surface area (Å²) in [6.07, 6.45) is 0.355. The third-order valence-corrected chi connectivity index (χ3v) is 6.00. The van der Waals surface area contributed by atoms with Crippen molar-refractivity contribution in [3.8, 4) is 0 Å². The van der Waals surface area contributed by atoms with Crippen molar-refractivity contribution < 1.29 is 4.74 Å². The van der Waals surface area contributed by atoms with E-state index in [0.29, 0.717) is 18.2 Å². The summed E-state index contributed by atoms with van der Waals surface area (Å²) in [4.78, 5) is 5.22. The lowest BCUT2D eigenvalue weighted by atomic mass is 10.1. The van der Waals surface area contributed by atoms with Crippen molar-refractivity contribution in [2.75, 3.05) is 13.2 Å². The Bertz CT molecular complexity index is 854. The smallest absolute Gasteiger partial charge is 0.0980 e. The summed E-state index contributed by atoms with van der Waals surface area (Å²) in [7, 11) is 0. The summed E-state index contributed by atoms with van der Waals surface area (Å²) >= 11 is 0. The fourth-order valence-corrected chi connectivity index (χ4v) is 4.40. The van der Waals surface area contributed by atoms with Gasteiger partial charge in [-0.05, 0) is 16.7 Å². The van der Waals surface area contributed by atoms with Gasteiger partial charge in [-0.15, -0.1) is 0 Å². The van der Waals surface area contributed by atoms with Crippen LogP contribution in [-0.4, -0.2) is 41.1 Å². The fourth-order valence-electron chi connectivity index (χ4n) is 4.40. The first-order chi connectivity index (χ1) is 14.4. The molecule has 3 heteroatoms. The molecule has 2 aliphatic heterocycles. The van der Waals surface area contributed by atoms with Gasteiger partial charge in [-0.25, -0.2) is 0 Å². The highest BCUT2D eigenvalue weighted by Crippen LogP contribution is 2.35. The maximum atomic E-state index is 5.86. The molecule has 2 saturated heterocycles. The van der Waals surface area contributed by atoms with E-state index in [2.05, 4.69) is 101 Å². The Balaban J connectivity index is 1.35. The van der Waals surface area contributed by atoms with Crippen molar-refractivity contribution >= 4 is 0 Å². The zero-order valence-corrected chi connectivity index (χ0v) is 16.7. The minimum Gasteiger partial charge on any atom is -0.371 e. The van der Waals surface area contributed by atoms with Crippen LogP contribution in [0.15, 0.2) is 91.0 Å². The van der Waals surface area contributed by atoms with Gasteiger partial charge in [-0.1, -0.05) is 91.0 Å². The predicted molar refractivity (Wildman–Crippen MR) is 116 cm³/mol. The first-order valence-corrected chi connectivity index (χ1v) is 10.6. The molecule has 2 heterocycles. The molecule has 0 aromatic heterocycles. The molecule has 2 unspecified atom stereocenters. The Hall–Kier alpha value is -2.46. The van der Waals surface area contributed by atoms with Gasteiger partial charge in [0.25, 0.3) is 0 Å². The molecule has 0 aliphatic carbocycles. The number of hydrogen-bond acceptors (Lipinski definition) is 3. The Morgan fingerprint density at radius 2 is 1.24 bits per heavy atom. The third-order valence-electron chi connectivity index (χ3n) is 6.00. The van der Waals surface area contributed by atoms with Crippen molar-refractivity contribution in [2.45, 2.75) is 37.8 Å². The molecule has 0 saturated carbocycles. The van der Waals surface area contributed by atoms with Gasteiger partial charge >= 0.3 is 0 Å². The van der Waals surface area contributed by atoms with Crippen LogP contribution in [0.1, 0.15) is 16.7 Å². The summed E-state index contributed by atoms with van der Waals surface area (Å²) in [6, 6.07) is 33.5. The second-order valence-corrected chi connectivity index (χ2v) is 8.22. The van der Waals surface area contributed by atoms with Crippen LogP contribution in [0, 0.1) is 0 Å². The standard InChI is InChI=1S/C26H28N2O/c1-4-10-21(11-5-1)16-27-19-24(27)26(25-20-29-25)28(17-22-12-6-2-7-13-22)18-23-14-8-3-9-15-23/h1-15,24-26H,16-20H2/t24-,25-,26?,27?/m0/s1. The van der Waals surface area contributed by atoms with Gasteiger partial charge in [0.15, 0.2) is 0 Å². The molecule has 5 rings (SSSR count). The van der Waals surface area contributed by atoms with Crippen LogP contribution in [0.4, 0.5) is 0 Å². The zero-order valence-electron chi connectivity index (χ0n) is 16.7. The summed E-state index contributed by atoms with van der Waals surface area (Å²) in [5, 5.41) is 0. The van der Waals surface area contributed by atoms with Crippen molar-refractivity contribution in [2.24, 2.45) is 0 Å². The number of nitrogens with zero attached hydrogens (tertiary/aromatic N) is 2. The summed E-state index contributed by atoms with van der Waals surface area (Å²) in [6.45, 7) is 4.98. The van der Waals surface area contributed by atoms with Crippen LogP contribution >= 0.6 is 0 Å². The van der Waals surface area contributed by atoms with Crippen LogP contribution in [0.2, 0.25) is 0 Å². The van der Waals surface area contributed by atoms with E-state index in [4.69, 9.17) is 4.74 Å². The second kappa shape index (κ2) is 8.50.